The minimum Gasteiger partial charge on any atom is -0.383 e. The van der Waals surface area contributed by atoms with Gasteiger partial charge in [-0.1, -0.05) is 6.92 Å². The van der Waals surface area contributed by atoms with Crippen LogP contribution in [-0.4, -0.2) is 75.2 Å². The number of likely N-dealkylation sites (N-methyl/N-ethyl adjacent to an activating group) is 1. The van der Waals surface area contributed by atoms with Crippen molar-refractivity contribution in [3.05, 3.63) is 0 Å². The molecular formula is C13H27N3O2. The van der Waals surface area contributed by atoms with E-state index in [2.05, 4.69) is 24.2 Å². The molecule has 106 valence electrons. The second-order valence-corrected chi connectivity index (χ2v) is 4.92. The maximum atomic E-state index is 12.1. The first kappa shape index (κ1) is 15.4. The Balaban J connectivity index is 2.21. The van der Waals surface area contributed by atoms with Gasteiger partial charge in [0.15, 0.2) is 0 Å². The molecule has 0 aliphatic carbocycles. The summed E-state index contributed by atoms with van der Waals surface area (Å²) in [5, 5.41) is 3.31. The van der Waals surface area contributed by atoms with Gasteiger partial charge in [-0.05, 0) is 26.4 Å². The number of carbonyl (C=O) groups is 1. The van der Waals surface area contributed by atoms with Gasteiger partial charge < -0.3 is 19.9 Å². The van der Waals surface area contributed by atoms with Gasteiger partial charge in [-0.25, -0.2) is 0 Å². The fourth-order valence-electron chi connectivity index (χ4n) is 2.12. The number of carbonyl (C=O) groups excluding carboxylic acids is 1. The van der Waals surface area contributed by atoms with E-state index in [1.807, 2.05) is 4.90 Å². The van der Waals surface area contributed by atoms with Crippen LogP contribution in [0.1, 0.15) is 19.8 Å². The molecule has 0 spiro atoms. The highest BCUT2D eigenvalue weighted by Gasteiger charge is 2.30. The molecule has 1 N–H and O–H groups in total. The second-order valence-electron chi connectivity index (χ2n) is 4.92. The first-order valence-corrected chi connectivity index (χ1v) is 6.88. The monoisotopic (exact) mass is 257 g/mol. The molecular weight excluding hydrogens is 230 g/mol. The Bertz CT molecular complexity index is 248. The van der Waals surface area contributed by atoms with E-state index in [1.54, 1.807) is 7.11 Å². The summed E-state index contributed by atoms with van der Waals surface area (Å²) >= 11 is 0. The van der Waals surface area contributed by atoms with Crippen molar-refractivity contribution >= 4 is 5.91 Å². The molecule has 1 aliphatic heterocycles. The minimum absolute atomic E-state index is 0.0502. The van der Waals surface area contributed by atoms with Gasteiger partial charge in [0.2, 0.25) is 5.91 Å². The number of hydrogen-bond acceptors (Lipinski definition) is 4. The summed E-state index contributed by atoms with van der Waals surface area (Å²) in [6, 6.07) is 0.0502. The van der Waals surface area contributed by atoms with Crippen LogP contribution in [0.4, 0.5) is 0 Å². The van der Waals surface area contributed by atoms with Crippen molar-refractivity contribution < 1.29 is 9.53 Å². The first-order chi connectivity index (χ1) is 8.69. The van der Waals surface area contributed by atoms with Gasteiger partial charge in [-0.2, -0.15) is 0 Å². The van der Waals surface area contributed by atoms with Crippen LogP contribution in [0.5, 0.6) is 0 Å². The first-order valence-electron chi connectivity index (χ1n) is 6.88. The van der Waals surface area contributed by atoms with E-state index in [4.69, 9.17) is 4.74 Å². The Morgan fingerprint density at radius 2 is 2.28 bits per heavy atom. The molecule has 18 heavy (non-hydrogen) atoms. The summed E-state index contributed by atoms with van der Waals surface area (Å²) in [5.74, 6) is 0.267. The predicted molar refractivity (Wildman–Crippen MR) is 72.7 cm³/mol. The fraction of sp³-hybridized carbons (Fsp3) is 0.923. The van der Waals surface area contributed by atoms with E-state index < -0.39 is 0 Å². The number of amides is 1. The summed E-state index contributed by atoms with van der Waals surface area (Å²) in [6.45, 7) is 7.32. The average molecular weight is 257 g/mol. The van der Waals surface area contributed by atoms with E-state index in [9.17, 15) is 4.79 Å². The molecule has 0 aromatic heterocycles. The van der Waals surface area contributed by atoms with Crippen molar-refractivity contribution in [3.8, 4) is 0 Å². The smallest absolute Gasteiger partial charge is 0.239 e. The van der Waals surface area contributed by atoms with Crippen LogP contribution in [0.2, 0.25) is 0 Å². The second kappa shape index (κ2) is 8.45. The van der Waals surface area contributed by atoms with Gasteiger partial charge in [0.05, 0.1) is 12.6 Å². The Hall–Kier alpha value is -0.650. The van der Waals surface area contributed by atoms with Gasteiger partial charge in [-0.3, -0.25) is 4.79 Å². The number of nitrogens with one attached hydrogen (secondary N) is 1. The molecule has 0 saturated carbocycles. The van der Waals surface area contributed by atoms with E-state index >= 15 is 0 Å². The number of ether oxygens (including phenoxy) is 1. The SMILES string of the molecule is CCCNC1CCN(CCN(C)CCOC)C1=O. The van der Waals surface area contributed by atoms with Crippen LogP contribution < -0.4 is 5.32 Å². The minimum atomic E-state index is 0.0502. The van der Waals surface area contributed by atoms with Crippen molar-refractivity contribution in [1.29, 1.82) is 0 Å². The number of nitrogens with zero attached hydrogens (tertiary/aromatic N) is 2. The van der Waals surface area contributed by atoms with Crippen LogP contribution in [0.15, 0.2) is 0 Å². The number of methoxy groups -OCH3 is 1. The summed E-state index contributed by atoms with van der Waals surface area (Å²) in [5.41, 5.74) is 0. The van der Waals surface area contributed by atoms with E-state index in [1.165, 1.54) is 0 Å². The quantitative estimate of drug-likeness (QED) is 0.639. The topological polar surface area (TPSA) is 44.8 Å². The maximum absolute atomic E-state index is 12.1. The molecule has 0 aromatic rings. The summed E-state index contributed by atoms with van der Waals surface area (Å²) in [7, 11) is 3.77. The molecule has 0 bridgehead atoms. The third kappa shape index (κ3) is 4.92. The largest absolute Gasteiger partial charge is 0.383 e. The van der Waals surface area contributed by atoms with Crippen molar-refractivity contribution in [3.63, 3.8) is 0 Å². The number of likely N-dealkylation sites (tertiary alicyclic amines) is 1. The molecule has 5 nitrogen and oxygen atoms in total. The third-order valence-corrected chi connectivity index (χ3v) is 3.37. The van der Waals surface area contributed by atoms with Gasteiger partial charge in [0.1, 0.15) is 0 Å². The predicted octanol–water partition coefficient (Wildman–Crippen LogP) is 0.165. The van der Waals surface area contributed by atoms with Gasteiger partial charge in [-0.15, -0.1) is 0 Å². The molecule has 0 radical (unpaired) electrons. The van der Waals surface area contributed by atoms with Crippen molar-refractivity contribution in [2.24, 2.45) is 0 Å². The van der Waals surface area contributed by atoms with Crippen LogP contribution in [-0.2, 0) is 9.53 Å². The summed E-state index contributed by atoms with van der Waals surface area (Å²) < 4.78 is 5.03. The molecule has 0 aromatic carbocycles. The van der Waals surface area contributed by atoms with Crippen molar-refractivity contribution in [1.82, 2.24) is 15.1 Å². The molecule has 1 unspecified atom stereocenters. The molecule has 1 fully saturated rings. The standard InChI is InChI=1S/C13H27N3O2/c1-4-6-14-12-5-7-16(13(12)17)9-8-15(2)10-11-18-3/h12,14H,4-11H2,1-3H3. The number of hydrogen-bond donors (Lipinski definition) is 1. The van der Waals surface area contributed by atoms with E-state index in [0.29, 0.717) is 0 Å². The number of rotatable bonds is 9. The lowest BCUT2D eigenvalue weighted by Gasteiger charge is -2.21. The Morgan fingerprint density at radius 1 is 1.50 bits per heavy atom. The molecule has 1 saturated heterocycles. The summed E-state index contributed by atoms with van der Waals surface area (Å²) in [6.07, 6.45) is 2.02. The lowest BCUT2D eigenvalue weighted by molar-refractivity contribution is -0.129. The molecule has 1 amide bonds. The zero-order chi connectivity index (χ0) is 13.4. The lowest BCUT2D eigenvalue weighted by atomic mass is 10.2. The Morgan fingerprint density at radius 3 is 2.94 bits per heavy atom. The molecule has 5 heteroatoms. The Labute approximate surface area is 110 Å². The highest BCUT2D eigenvalue weighted by atomic mass is 16.5. The maximum Gasteiger partial charge on any atom is 0.239 e. The average Bonchev–Trinajstić information content (AvgIpc) is 2.72. The van der Waals surface area contributed by atoms with Crippen LogP contribution in [0.25, 0.3) is 0 Å². The van der Waals surface area contributed by atoms with Gasteiger partial charge in [0.25, 0.3) is 0 Å². The van der Waals surface area contributed by atoms with Gasteiger partial charge >= 0.3 is 0 Å². The molecule has 1 aliphatic rings. The lowest BCUT2D eigenvalue weighted by Crippen LogP contribution is -2.41. The van der Waals surface area contributed by atoms with E-state index in [-0.39, 0.29) is 11.9 Å². The molecule has 1 heterocycles. The van der Waals surface area contributed by atoms with Crippen molar-refractivity contribution in [2.45, 2.75) is 25.8 Å². The summed E-state index contributed by atoms with van der Waals surface area (Å²) in [4.78, 5) is 16.2. The third-order valence-electron chi connectivity index (χ3n) is 3.37. The Kier molecular flexibility index (Phi) is 7.23. The van der Waals surface area contributed by atoms with Crippen molar-refractivity contribution in [2.75, 3.05) is 53.5 Å². The fourth-order valence-corrected chi connectivity index (χ4v) is 2.12. The van der Waals surface area contributed by atoms with Crippen LogP contribution >= 0.6 is 0 Å². The van der Waals surface area contributed by atoms with Gasteiger partial charge in [0, 0.05) is 33.3 Å². The van der Waals surface area contributed by atoms with E-state index in [0.717, 1.165) is 52.2 Å². The van der Waals surface area contributed by atoms with Crippen LogP contribution in [0.3, 0.4) is 0 Å². The molecule has 1 rings (SSSR count). The zero-order valence-corrected chi connectivity index (χ0v) is 11.9. The highest BCUT2D eigenvalue weighted by molar-refractivity contribution is 5.83. The normalized spacial score (nSPS) is 20.1. The molecule has 1 atom stereocenters. The van der Waals surface area contributed by atoms with Crippen LogP contribution in [0, 0.1) is 0 Å². The zero-order valence-electron chi connectivity index (χ0n) is 11.9. The highest BCUT2D eigenvalue weighted by Crippen LogP contribution is 2.10.